The molecule has 0 saturated carbocycles. The number of unbranched alkanes of at least 4 members (excludes halogenated alkanes) is 16. The summed E-state index contributed by atoms with van der Waals surface area (Å²) in [5.41, 5.74) is 11.8. The monoisotopic (exact) mass is 1220 g/mol. The third kappa shape index (κ3) is 45.9. The summed E-state index contributed by atoms with van der Waals surface area (Å²) in [4.78, 5) is 121. The van der Waals surface area contributed by atoms with Crippen LogP contribution in [0.25, 0.3) is 5.73 Å². The molecule has 1 radical (unpaired) electrons. The van der Waals surface area contributed by atoms with Crippen LogP contribution in [0.5, 0.6) is 0 Å². The maximum absolute atomic E-state index is 13.3. The van der Waals surface area contributed by atoms with Gasteiger partial charge >= 0.3 is 11.9 Å². The molecule has 9 N–H and O–H groups in total. The van der Waals surface area contributed by atoms with Gasteiger partial charge in [0.15, 0.2) is 5.78 Å². The van der Waals surface area contributed by atoms with Crippen molar-refractivity contribution in [1.82, 2.24) is 16.0 Å². The van der Waals surface area contributed by atoms with Gasteiger partial charge in [0, 0.05) is 109 Å². The standard InChI is InChI=1S/C57H100N5O17.Y/c1-43(58)48(65)37-44(49(66)39-57(2,3)50(67)38-45(40-63)55(59)73)23-20-21-29-60-53(70)42-79-36-33-76-31-22-24-46(64)41-78-35-34-77-32-30-61-51(68)28-27-47(56(74)75)62-52(69)25-18-16-14-12-10-8-6-4-5-7-9-11-13-15-17-19-26-54(71)72;/h43-45,47,58,63H,4-42H2,1-3H3,(H2,59,73)(H,60,70)(H,61,68)(H,62,69)(H,71,72)(H,74,75);/q-1;/t43-,44-,45+,47+;/m1./s1. The van der Waals surface area contributed by atoms with E-state index in [4.69, 9.17) is 35.5 Å². The predicted molar refractivity (Wildman–Crippen MR) is 297 cm³/mol. The molecule has 22 nitrogen and oxygen atoms in total. The minimum atomic E-state index is -1.19. The Kier molecular flexibility index (Phi) is 50.0. The molecule has 0 aliphatic heterocycles. The van der Waals surface area contributed by atoms with Crippen molar-refractivity contribution in [3.63, 3.8) is 0 Å². The summed E-state index contributed by atoms with van der Waals surface area (Å²) in [6.45, 7) is 5.37. The van der Waals surface area contributed by atoms with Gasteiger partial charge in [-0.25, -0.2) is 4.79 Å². The summed E-state index contributed by atoms with van der Waals surface area (Å²) in [6, 6.07) is -2.17. The maximum Gasteiger partial charge on any atom is 0.326 e. The third-order valence-electron chi connectivity index (χ3n) is 13.5. The van der Waals surface area contributed by atoms with Gasteiger partial charge in [0.05, 0.1) is 45.6 Å². The third-order valence-corrected chi connectivity index (χ3v) is 13.5. The van der Waals surface area contributed by atoms with Crippen LogP contribution in [0.1, 0.15) is 201 Å². The molecule has 0 aliphatic rings. The van der Waals surface area contributed by atoms with Crippen LogP contribution >= 0.6 is 0 Å². The minimum Gasteiger partial charge on any atom is -0.669 e. The number of Topliss-reactive ketones (excluding diaryl/α,β-unsaturated/α-hetero) is 4. The molecule has 0 bridgehead atoms. The van der Waals surface area contributed by atoms with Crippen molar-refractivity contribution in [2.75, 3.05) is 72.6 Å². The number of aliphatic hydroxyl groups is 1. The molecule has 80 heavy (non-hydrogen) atoms. The summed E-state index contributed by atoms with van der Waals surface area (Å²) in [7, 11) is 0. The second-order valence-corrected chi connectivity index (χ2v) is 21.2. The zero-order valence-corrected chi connectivity index (χ0v) is 51.4. The Morgan fingerprint density at radius 2 is 1.04 bits per heavy atom. The Hall–Kier alpha value is -3.64. The van der Waals surface area contributed by atoms with Crippen LogP contribution in [-0.4, -0.2) is 159 Å². The molecule has 0 saturated heterocycles. The molecule has 0 aromatic carbocycles. The number of aliphatic carboxylic acids is 2. The largest absolute Gasteiger partial charge is 0.669 e. The van der Waals surface area contributed by atoms with Crippen molar-refractivity contribution in [3.8, 4) is 0 Å². The van der Waals surface area contributed by atoms with E-state index < -0.39 is 65.4 Å². The van der Waals surface area contributed by atoms with Crippen LogP contribution < -0.4 is 21.7 Å². The molecule has 0 aromatic rings. The second-order valence-electron chi connectivity index (χ2n) is 21.2. The van der Waals surface area contributed by atoms with Gasteiger partial charge in [-0.05, 0) is 38.5 Å². The van der Waals surface area contributed by atoms with Crippen molar-refractivity contribution < 1.29 is 115 Å². The molecule has 0 fully saturated rings. The van der Waals surface area contributed by atoms with Gasteiger partial charge in [0.2, 0.25) is 23.6 Å². The van der Waals surface area contributed by atoms with Crippen molar-refractivity contribution in [2.45, 2.75) is 213 Å². The Morgan fingerprint density at radius 1 is 0.525 bits per heavy atom. The molecule has 459 valence electrons. The number of carboxylic acids is 2. The van der Waals surface area contributed by atoms with Gasteiger partial charge < -0.3 is 66.5 Å². The van der Waals surface area contributed by atoms with E-state index in [1.807, 2.05) is 0 Å². The van der Waals surface area contributed by atoms with E-state index >= 15 is 0 Å². The van der Waals surface area contributed by atoms with Gasteiger partial charge in [-0.3, -0.25) is 38.4 Å². The normalized spacial score (nSPS) is 12.8. The number of carbonyl (C=O) groups excluding carboxylic acids is 8. The van der Waals surface area contributed by atoms with E-state index in [-0.39, 0.29) is 166 Å². The van der Waals surface area contributed by atoms with Crippen molar-refractivity contribution in [3.05, 3.63) is 5.73 Å². The number of ether oxygens (including phenoxy) is 4. The van der Waals surface area contributed by atoms with Gasteiger partial charge in [0.25, 0.3) is 0 Å². The molecular weight excluding hydrogens is 1120 g/mol. The van der Waals surface area contributed by atoms with Crippen LogP contribution in [0, 0.1) is 17.3 Å². The first-order valence-electron chi connectivity index (χ1n) is 29.0. The molecule has 0 aliphatic carbocycles. The number of amides is 4. The van der Waals surface area contributed by atoms with Gasteiger partial charge in [-0.15, -0.1) is 0 Å². The van der Waals surface area contributed by atoms with Crippen molar-refractivity contribution in [2.24, 2.45) is 23.0 Å². The molecule has 0 heterocycles. The predicted octanol–water partition coefficient (Wildman–Crippen LogP) is 6.31. The molecule has 0 aromatic heterocycles. The first-order chi connectivity index (χ1) is 37.7. The number of nitrogens with two attached hydrogens (primary N) is 1. The Balaban J connectivity index is 0. The van der Waals surface area contributed by atoms with Crippen LogP contribution in [-0.2, 0) is 99.6 Å². The van der Waals surface area contributed by atoms with E-state index in [2.05, 4.69) is 16.0 Å². The van der Waals surface area contributed by atoms with Crippen molar-refractivity contribution in [1.29, 1.82) is 0 Å². The first kappa shape index (κ1) is 78.4. The van der Waals surface area contributed by atoms with Crippen molar-refractivity contribution >= 4 is 58.7 Å². The molecule has 0 spiro atoms. The van der Waals surface area contributed by atoms with Crippen LogP contribution in [0.3, 0.4) is 0 Å². The Morgan fingerprint density at radius 3 is 1.56 bits per heavy atom. The van der Waals surface area contributed by atoms with Crippen LogP contribution in [0.15, 0.2) is 0 Å². The number of rotatable bonds is 57. The molecule has 4 atom stereocenters. The average molecular weight is 1220 g/mol. The molecule has 0 rings (SSSR count). The number of ketones is 4. The number of carboxylic acid groups (broad SMARTS) is 2. The zero-order chi connectivity index (χ0) is 59.1. The number of hydrogen-bond donors (Lipinski definition) is 7. The molecule has 0 unspecified atom stereocenters. The Bertz CT molecular complexity index is 1770. The summed E-state index contributed by atoms with van der Waals surface area (Å²) >= 11 is 0. The topological polar surface area (TPSA) is 354 Å². The van der Waals surface area contributed by atoms with Crippen LogP contribution in [0.2, 0.25) is 0 Å². The van der Waals surface area contributed by atoms with E-state index in [1.165, 1.54) is 64.7 Å². The summed E-state index contributed by atoms with van der Waals surface area (Å²) in [5, 5.41) is 35.6. The number of aliphatic hydroxyl groups excluding tert-OH is 1. The van der Waals surface area contributed by atoms with Gasteiger partial charge in [-0.2, -0.15) is 0 Å². The summed E-state index contributed by atoms with van der Waals surface area (Å²) in [6.07, 6.45) is 19.4. The number of primary amides is 1. The molecule has 4 amide bonds. The van der Waals surface area contributed by atoms with Gasteiger partial charge in [0.1, 0.15) is 36.6 Å². The van der Waals surface area contributed by atoms with Gasteiger partial charge in [-0.1, -0.05) is 123 Å². The zero-order valence-electron chi connectivity index (χ0n) is 48.6. The fraction of sp³-hybridized carbons (Fsp3) is 0.825. The minimum absolute atomic E-state index is 0. The number of nitrogens with one attached hydrogen (secondary N) is 4. The average Bonchev–Trinajstić information content (AvgIpc) is 3.38. The van der Waals surface area contributed by atoms with E-state index in [0.29, 0.717) is 45.3 Å². The fourth-order valence-corrected chi connectivity index (χ4v) is 8.45. The number of hydrogen-bond acceptors (Lipinski definition) is 15. The molecule has 23 heteroatoms. The second kappa shape index (κ2) is 51.0. The Labute approximate surface area is 500 Å². The fourth-order valence-electron chi connectivity index (χ4n) is 8.45. The first-order valence-corrected chi connectivity index (χ1v) is 29.0. The van der Waals surface area contributed by atoms with E-state index in [0.717, 1.165) is 38.5 Å². The molecular formula is C57H100N5O17Y-. The number of carbonyl (C=O) groups is 10. The summed E-state index contributed by atoms with van der Waals surface area (Å²) < 4.78 is 21.6. The van der Waals surface area contributed by atoms with E-state index in [9.17, 15) is 58.2 Å². The quantitative estimate of drug-likeness (QED) is 0.0328. The summed E-state index contributed by atoms with van der Waals surface area (Å²) in [5.74, 6) is -6.80. The van der Waals surface area contributed by atoms with Crippen LogP contribution in [0.4, 0.5) is 0 Å². The SMILES string of the molecule is C[C@@H]([NH-])C(=O)C[C@@H](CCCCNC(=O)COCCOCCCC(=O)COCCOCCNC(=O)CC[C@H](NC(=O)CCCCCCCCCCCCCCCCCCC(=O)O)C(=O)O)C(=O)CC(C)(C)C(=O)C[C@@H](CO)C(N)=O.[Y]. The van der Waals surface area contributed by atoms with E-state index in [1.54, 1.807) is 13.8 Å². The smallest absolute Gasteiger partial charge is 0.326 e. The maximum atomic E-state index is 13.3.